The summed E-state index contributed by atoms with van der Waals surface area (Å²) < 4.78 is 0. The minimum Gasteiger partial charge on any atom is -0.354 e. The Morgan fingerprint density at radius 2 is 0.656 bits per heavy atom. The van der Waals surface area contributed by atoms with Crippen LogP contribution in [-0.2, 0) is 0 Å². The van der Waals surface area contributed by atoms with E-state index in [1.54, 1.807) is 24.5 Å². The average Bonchev–Trinajstić information content (AvgIpc) is 4.20. The van der Waals surface area contributed by atoms with Gasteiger partial charge in [-0.1, -0.05) is 24.3 Å². The molecule has 2 aliphatic heterocycles. The lowest BCUT2D eigenvalue weighted by Gasteiger charge is -2.06. The summed E-state index contributed by atoms with van der Waals surface area (Å²) in [6, 6.07) is 27.9. The summed E-state index contributed by atoms with van der Waals surface area (Å²) in [6.45, 7) is 0. The van der Waals surface area contributed by atoms with E-state index in [-0.39, 0.29) is 0 Å². The number of hydrogen-bond acceptors (Lipinski definition) is 8. The highest BCUT2D eigenvalue weighted by atomic mass is 16.1. The van der Waals surface area contributed by atoms with Crippen LogP contribution in [0.4, 0.5) is 0 Å². The number of aromatic nitrogens is 9. The zero-order chi connectivity index (χ0) is 41.2. The van der Waals surface area contributed by atoms with Crippen molar-refractivity contribution >= 4 is 52.7 Å². The number of carbonyl (C=O) groups is 1. The molecule has 0 fully saturated rings. The monoisotopic (exact) mass is 791 g/mol. The van der Waals surface area contributed by atoms with Gasteiger partial charge in [0.05, 0.1) is 22.8 Å². The maximum absolute atomic E-state index is 9.98. The second-order valence-corrected chi connectivity index (χ2v) is 13.9. The molecule has 1 aliphatic carbocycles. The highest BCUT2D eigenvalue weighted by molar-refractivity contribution is 5.99. The Morgan fingerprint density at radius 3 is 0.885 bits per heavy atom. The third-order valence-corrected chi connectivity index (χ3v) is 10.1. The Labute approximate surface area is 351 Å². The van der Waals surface area contributed by atoms with Crippen LogP contribution in [0.1, 0.15) is 39.6 Å². The molecule has 61 heavy (non-hydrogen) atoms. The Morgan fingerprint density at radius 1 is 0.377 bits per heavy atom. The van der Waals surface area contributed by atoms with E-state index in [1.165, 1.54) is 0 Å². The first-order valence-electron chi connectivity index (χ1n) is 19.7. The number of hydrogen-bond donors (Lipinski definition) is 2. The van der Waals surface area contributed by atoms with E-state index >= 15 is 0 Å². The first-order chi connectivity index (χ1) is 30.2. The molecule has 0 saturated carbocycles. The molecule has 292 valence electrons. The molecule has 10 nitrogen and oxygen atoms in total. The lowest BCUT2D eigenvalue weighted by atomic mass is 10.1. The van der Waals surface area contributed by atoms with Crippen LogP contribution in [0.25, 0.3) is 90.9 Å². The molecule has 10 heteroatoms. The quantitative estimate of drug-likeness (QED) is 0.164. The molecule has 8 aromatic heterocycles. The highest BCUT2D eigenvalue weighted by Crippen LogP contribution is 2.38. The predicted octanol–water partition coefficient (Wildman–Crippen LogP) is 11.3. The molecule has 0 aromatic carbocycles. The van der Waals surface area contributed by atoms with Crippen molar-refractivity contribution in [2.75, 3.05) is 0 Å². The molecular weight excluding hydrogens is 755 g/mol. The average molecular weight is 792 g/mol. The molecule has 0 spiro atoms. The van der Waals surface area contributed by atoms with Gasteiger partial charge in [0.2, 0.25) is 0 Å². The number of allylic oxidation sites excluding steroid dienone is 4. The number of H-pyrrole nitrogens is 2. The van der Waals surface area contributed by atoms with Crippen molar-refractivity contribution in [2.24, 2.45) is 0 Å². The van der Waals surface area contributed by atoms with Crippen LogP contribution in [0, 0.1) is 0 Å². The standard InChI is InChI=1S/C40H26N8.C6H5NO.C5H6/c1-2-30-38(26-11-19-42-20-12-26)32-5-6-34(47-32)40(28-15-23-44-24-16-28)36-8-7-35(48-36)39(27-13-21-43-22-14-27)33-4-3-31(46-33)37(29(1)45-30)25-9-17-41-18-10-25;8-5-6-1-3-7-4-2-6;1-2-4-5-3-1/h1-24,45,48H;1-5H;1-4H,5H2. The Bertz CT molecular complexity index is 2740. The minimum absolute atomic E-state index is 0.667. The van der Waals surface area contributed by atoms with Crippen LogP contribution in [-0.4, -0.2) is 51.1 Å². The highest BCUT2D eigenvalue weighted by Gasteiger charge is 2.18. The Hall–Kier alpha value is -8.50. The van der Waals surface area contributed by atoms with Gasteiger partial charge in [-0.2, -0.15) is 0 Å². The van der Waals surface area contributed by atoms with Crippen molar-refractivity contribution in [3.05, 3.63) is 200 Å². The van der Waals surface area contributed by atoms with Gasteiger partial charge < -0.3 is 9.97 Å². The summed E-state index contributed by atoms with van der Waals surface area (Å²) in [5.74, 6) is 0. The third kappa shape index (κ3) is 8.41. The van der Waals surface area contributed by atoms with Crippen molar-refractivity contribution in [2.45, 2.75) is 6.42 Å². The van der Waals surface area contributed by atoms with Crippen molar-refractivity contribution in [3.63, 3.8) is 0 Å². The maximum atomic E-state index is 9.98. The molecular formula is C51H37N9O. The van der Waals surface area contributed by atoms with Crippen LogP contribution < -0.4 is 0 Å². The van der Waals surface area contributed by atoms with Crippen molar-refractivity contribution in [3.8, 4) is 44.5 Å². The van der Waals surface area contributed by atoms with Crippen LogP contribution in [0.3, 0.4) is 0 Å². The number of nitrogens with one attached hydrogen (secondary N) is 2. The second kappa shape index (κ2) is 18.0. The lowest BCUT2D eigenvalue weighted by Crippen LogP contribution is -1.90. The van der Waals surface area contributed by atoms with Crippen LogP contribution in [0.15, 0.2) is 171 Å². The molecule has 8 aromatic rings. The zero-order valence-electron chi connectivity index (χ0n) is 32.8. The van der Waals surface area contributed by atoms with E-state index < -0.39 is 0 Å². The van der Waals surface area contributed by atoms with Gasteiger partial charge in [0.25, 0.3) is 0 Å². The zero-order valence-corrected chi connectivity index (χ0v) is 32.8. The number of aromatic amines is 2. The van der Waals surface area contributed by atoms with Gasteiger partial charge >= 0.3 is 0 Å². The van der Waals surface area contributed by atoms with Crippen molar-refractivity contribution in [1.82, 2.24) is 44.9 Å². The molecule has 0 atom stereocenters. The van der Waals surface area contributed by atoms with Crippen LogP contribution in [0.2, 0.25) is 0 Å². The second-order valence-electron chi connectivity index (χ2n) is 13.9. The molecule has 0 saturated heterocycles. The fraction of sp³-hybridized carbons (Fsp3) is 0.0196. The van der Waals surface area contributed by atoms with E-state index in [9.17, 15) is 4.79 Å². The fourth-order valence-electron chi connectivity index (χ4n) is 7.33. The first-order valence-corrected chi connectivity index (χ1v) is 19.7. The van der Waals surface area contributed by atoms with Crippen LogP contribution in [0.5, 0.6) is 0 Å². The molecule has 0 amide bonds. The van der Waals surface area contributed by atoms with E-state index in [4.69, 9.17) is 9.97 Å². The molecule has 0 unspecified atom stereocenters. The number of carbonyl (C=O) groups excluding carboxylic acids is 1. The number of rotatable bonds is 5. The summed E-state index contributed by atoms with van der Waals surface area (Å²) in [4.78, 5) is 48.9. The molecule has 11 rings (SSSR count). The number of fused-ring (bicyclic) bond motifs is 8. The van der Waals surface area contributed by atoms with E-state index in [2.05, 4.69) is 108 Å². The van der Waals surface area contributed by atoms with Gasteiger partial charge in [0.1, 0.15) is 6.29 Å². The normalized spacial score (nSPS) is 12.0. The smallest absolute Gasteiger partial charge is 0.150 e. The van der Waals surface area contributed by atoms with Gasteiger partial charge in [0, 0.05) is 112 Å². The summed E-state index contributed by atoms with van der Waals surface area (Å²) in [5, 5.41) is 0. The van der Waals surface area contributed by atoms with Crippen LogP contribution >= 0.6 is 0 Å². The van der Waals surface area contributed by atoms with E-state index in [0.29, 0.717) is 5.56 Å². The number of pyridine rings is 5. The molecule has 10 heterocycles. The van der Waals surface area contributed by atoms with Gasteiger partial charge in [-0.15, -0.1) is 0 Å². The fourth-order valence-corrected chi connectivity index (χ4v) is 7.33. The maximum Gasteiger partial charge on any atom is 0.150 e. The van der Waals surface area contributed by atoms with Crippen molar-refractivity contribution in [1.29, 1.82) is 0 Å². The Balaban J connectivity index is 0.000000314. The first kappa shape index (κ1) is 38.0. The minimum atomic E-state index is 0.667. The Kier molecular flexibility index (Phi) is 11.2. The molecule has 0 radical (unpaired) electrons. The molecule has 3 aliphatic rings. The van der Waals surface area contributed by atoms with Gasteiger partial charge in [-0.25, -0.2) is 9.97 Å². The molecule has 8 bridgehead atoms. The predicted molar refractivity (Wildman–Crippen MR) is 244 cm³/mol. The van der Waals surface area contributed by atoms with Gasteiger partial charge in [-0.05, 0) is 138 Å². The van der Waals surface area contributed by atoms with Gasteiger partial charge in [0.15, 0.2) is 0 Å². The summed E-state index contributed by atoms with van der Waals surface area (Å²) >= 11 is 0. The number of aldehydes is 1. The molecule has 2 N–H and O–H groups in total. The van der Waals surface area contributed by atoms with Crippen molar-refractivity contribution < 1.29 is 4.79 Å². The summed E-state index contributed by atoms with van der Waals surface area (Å²) in [7, 11) is 0. The summed E-state index contributed by atoms with van der Waals surface area (Å²) in [6.07, 6.45) is 36.3. The topological polar surface area (TPSA) is 139 Å². The van der Waals surface area contributed by atoms with Gasteiger partial charge in [-0.3, -0.25) is 29.7 Å². The lowest BCUT2D eigenvalue weighted by molar-refractivity contribution is 0.112. The largest absolute Gasteiger partial charge is 0.354 e. The SMILES string of the molecule is C1=CCC=C1.C1=Cc2nc1c(-c1ccncc1)c1ccc([nH]1)c(-c1ccncc1)c1nc(c(-c3ccncc3)c3ccc([nH]3)c2-c2ccncc2)C=C1.O=Cc1ccncc1. The third-order valence-electron chi connectivity index (χ3n) is 10.1. The summed E-state index contributed by atoms with van der Waals surface area (Å²) in [5.41, 5.74) is 15.7. The van der Waals surface area contributed by atoms with E-state index in [0.717, 1.165) is 102 Å². The van der Waals surface area contributed by atoms with E-state index in [1.807, 2.05) is 98.1 Å². The number of nitrogens with zero attached hydrogens (tertiary/aromatic N) is 7.